The smallest absolute Gasteiger partial charge is 0.339 e. The number of nitrogens with one attached hydrogen (secondary N) is 2. The van der Waals surface area contributed by atoms with E-state index in [0.717, 1.165) is 6.07 Å². The molecule has 1 rings (SSSR count). The predicted molar refractivity (Wildman–Crippen MR) is 87.0 cm³/mol. The number of nitrogens with zero attached hydrogens (tertiary/aromatic N) is 1. The van der Waals surface area contributed by atoms with Crippen molar-refractivity contribution in [3.63, 3.8) is 0 Å². The van der Waals surface area contributed by atoms with Crippen molar-refractivity contribution in [2.75, 3.05) is 32.1 Å². The molecule has 9 nitrogen and oxygen atoms in total. The van der Waals surface area contributed by atoms with Crippen LogP contribution in [0.3, 0.4) is 0 Å². The Morgan fingerprint density at radius 2 is 2.08 bits per heavy atom. The van der Waals surface area contributed by atoms with E-state index in [2.05, 4.69) is 10.6 Å². The number of hydrogen-bond acceptors (Lipinski definition) is 7. The lowest BCUT2D eigenvalue weighted by Gasteiger charge is -2.13. The van der Waals surface area contributed by atoms with Gasteiger partial charge in [-0.2, -0.15) is 0 Å². The number of carbonyl (C=O) groups is 2. The Bertz CT molecular complexity index is 605. The maximum Gasteiger partial charge on any atom is 0.339 e. The van der Waals surface area contributed by atoms with Crippen LogP contribution in [0.4, 0.5) is 11.4 Å². The molecule has 1 amide bonds. The second-order valence-electron chi connectivity index (χ2n) is 4.85. The van der Waals surface area contributed by atoms with Crippen molar-refractivity contribution in [3.8, 4) is 0 Å². The third-order valence-electron chi connectivity index (χ3n) is 3.06. The first-order valence-electron chi connectivity index (χ1n) is 7.40. The Kier molecular flexibility index (Phi) is 7.63. The van der Waals surface area contributed by atoms with E-state index in [4.69, 9.17) is 9.47 Å². The third-order valence-corrected chi connectivity index (χ3v) is 3.06. The fourth-order valence-corrected chi connectivity index (χ4v) is 1.85. The second-order valence-corrected chi connectivity index (χ2v) is 4.85. The Hall–Kier alpha value is -2.68. The van der Waals surface area contributed by atoms with Crippen LogP contribution in [-0.4, -0.2) is 49.7 Å². The van der Waals surface area contributed by atoms with Crippen molar-refractivity contribution < 1.29 is 24.0 Å². The number of esters is 1. The second kappa shape index (κ2) is 9.46. The number of nitro benzene ring substituents is 1. The molecule has 0 fully saturated rings. The fourth-order valence-electron chi connectivity index (χ4n) is 1.85. The van der Waals surface area contributed by atoms with Gasteiger partial charge < -0.3 is 20.1 Å². The average molecular weight is 339 g/mol. The van der Waals surface area contributed by atoms with E-state index in [0.29, 0.717) is 19.7 Å². The molecule has 0 heterocycles. The van der Waals surface area contributed by atoms with Gasteiger partial charge in [0.25, 0.3) is 11.6 Å². The summed E-state index contributed by atoms with van der Waals surface area (Å²) in [5.74, 6) is -1.24. The highest BCUT2D eigenvalue weighted by Crippen LogP contribution is 2.26. The molecule has 0 aliphatic rings. The predicted octanol–water partition coefficient (Wildman–Crippen LogP) is 1.33. The van der Waals surface area contributed by atoms with E-state index in [9.17, 15) is 19.7 Å². The molecule has 2 N–H and O–H groups in total. The zero-order chi connectivity index (χ0) is 18.1. The molecule has 1 atom stereocenters. The monoisotopic (exact) mass is 339 g/mol. The molecule has 0 unspecified atom stereocenters. The summed E-state index contributed by atoms with van der Waals surface area (Å²) in [5.41, 5.74) is 0.00623. The highest BCUT2D eigenvalue weighted by atomic mass is 16.6. The molecule has 24 heavy (non-hydrogen) atoms. The number of amides is 1. The summed E-state index contributed by atoms with van der Waals surface area (Å²) in [5, 5.41) is 16.5. The third kappa shape index (κ3) is 5.51. The van der Waals surface area contributed by atoms with Crippen LogP contribution in [0.5, 0.6) is 0 Å². The molecule has 0 saturated carbocycles. The van der Waals surface area contributed by atoms with Gasteiger partial charge in [0.2, 0.25) is 0 Å². The Morgan fingerprint density at radius 3 is 2.67 bits per heavy atom. The average Bonchev–Trinajstić information content (AvgIpc) is 2.55. The van der Waals surface area contributed by atoms with E-state index >= 15 is 0 Å². The van der Waals surface area contributed by atoms with E-state index in [-0.39, 0.29) is 16.9 Å². The van der Waals surface area contributed by atoms with E-state index in [1.807, 2.05) is 0 Å². The summed E-state index contributed by atoms with van der Waals surface area (Å²) in [6, 6.07) is 3.93. The summed E-state index contributed by atoms with van der Waals surface area (Å²) < 4.78 is 9.88. The van der Waals surface area contributed by atoms with Crippen LogP contribution in [0.25, 0.3) is 0 Å². The summed E-state index contributed by atoms with van der Waals surface area (Å²) in [4.78, 5) is 34.2. The lowest BCUT2D eigenvalue weighted by atomic mass is 10.1. The number of likely N-dealkylation sites (N-methyl/N-ethyl adjacent to an activating group) is 1. The lowest BCUT2D eigenvalue weighted by Crippen LogP contribution is -2.35. The molecule has 132 valence electrons. The first-order valence-corrected chi connectivity index (χ1v) is 7.40. The minimum atomic E-state index is -0.990. The Morgan fingerprint density at radius 1 is 1.38 bits per heavy atom. The summed E-state index contributed by atoms with van der Waals surface area (Å²) in [6.07, 6.45) is -0.990. The number of methoxy groups -OCH3 is 1. The van der Waals surface area contributed by atoms with Crippen LogP contribution in [0, 0.1) is 10.1 Å². The number of carbonyl (C=O) groups excluding carboxylic acids is 2. The number of hydrogen-bond donors (Lipinski definition) is 2. The van der Waals surface area contributed by atoms with Gasteiger partial charge in [-0.3, -0.25) is 14.9 Å². The standard InChI is InChI=1S/C15H21N3O6/c1-4-16-14(19)10(2)24-15(20)11-5-6-12(17-7-8-23-3)13(9-11)18(21)22/h5-6,9-10,17H,4,7-8H2,1-3H3,(H,16,19)/t10-/m1/s1. The van der Waals surface area contributed by atoms with E-state index < -0.39 is 22.9 Å². The molecule has 0 saturated heterocycles. The first kappa shape index (κ1) is 19.4. The number of anilines is 1. The van der Waals surface area contributed by atoms with Crippen molar-refractivity contribution in [1.29, 1.82) is 0 Å². The molecule has 0 aliphatic heterocycles. The van der Waals surface area contributed by atoms with E-state index in [1.165, 1.54) is 26.2 Å². The van der Waals surface area contributed by atoms with Gasteiger partial charge in [0, 0.05) is 26.3 Å². The lowest BCUT2D eigenvalue weighted by molar-refractivity contribution is -0.384. The van der Waals surface area contributed by atoms with Crippen molar-refractivity contribution in [2.45, 2.75) is 20.0 Å². The van der Waals surface area contributed by atoms with Gasteiger partial charge >= 0.3 is 5.97 Å². The normalized spacial score (nSPS) is 11.5. The molecular formula is C15H21N3O6. The molecule has 0 bridgehead atoms. The van der Waals surface area contributed by atoms with Crippen molar-refractivity contribution in [3.05, 3.63) is 33.9 Å². The zero-order valence-electron chi connectivity index (χ0n) is 13.8. The van der Waals surface area contributed by atoms with Crippen molar-refractivity contribution in [1.82, 2.24) is 5.32 Å². The van der Waals surface area contributed by atoms with Crippen LogP contribution in [0.1, 0.15) is 24.2 Å². The molecule has 0 spiro atoms. The summed E-state index contributed by atoms with van der Waals surface area (Å²) in [6.45, 7) is 4.34. The summed E-state index contributed by atoms with van der Waals surface area (Å²) >= 11 is 0. The molecule has 0 aliphatic carbocycles. The molecule has 9 heteroatoms. The first-order chi connectivity index (χ1) is 11.4. The fraction of sp³-hybridized carbons (Fsp3) is 0.467. The topological polar surface area (TPSA) is 120 Å². The molecular weight excluding hydrogens is 318 g/mol. The molecule has 0 radical (unpaired) electrons. The van der Waals surface area contributed by atoms with Gasteiger partial charge in [0.05, 0.1) is 17.1 Å². The maximum atomic E-state index is 12.0. The van der Waals surface area contributed by atoms with Crippen LogP contribution in [-0.2, 0) is 14.3 Å². The summed E-state index contributed by atoms with van der Waals surface area (Å²) in [7, 11) is 1.52. The SMILES string of the molecule is CCNC(=O)[C@@H](C)OC(=O)c1ccc(NCCOC)c([N+](=O)[O-])c1. The van der Waals surface area contributed by atoms with Gasteiger partial charge in [-0.05, 0) is 26.0 Å². The van der Waals surface area contributed by atoms with Crippen LogP contribution in [0.15, 0.2) is 18.2 Å². The van der Waals surface area contributed by atoms with Crippen molar-refractivity contribution >= 4 is 23.3 Å². The number of ether oxygens (including phenoxy) is 2. The molecule has 1 aromatic rings. The Balaban J connectivity index is 2.88. The number of rotatable bonds is 9. The molecule has 1 aromatic carbocycles. The highest BCUT2D eigenvalue weighted by molar-refractivity contribution is 5.93. The number of benzene rings is 1. The van der Waals surface area contributed by atoms with Crippen molar-refractivity contribution in [2.24, 2.45) is 0 Å². The van der Waals surface area contributed by atoms with Crippen LogP contribution < -0.4 is 10.6 Å². The Labute approximate surface area is 139 Å². The minimum absolute atomic E-state index is 0.00450. The maximum absolute atomic E-state index is 12.0. The largest absolute Gasteiger partial charge is 0.449 e. The van der Waals surface area contributed by atoms with Gasteiger partial charge in [0.15, 0.2) is 6.10 Å². The van der Waals surface area contributed by atoms with Crippen LogP contribution in [0.2, 0.25) is 0 Å². The van der Waals surface area contributed by atoms with Gasteiger partial charge in [-0.1, -0.05) is 0 Å². The molecule has 0 aromatic heterocycles. The quantitative estimate of drug-likeness (QED) is 0.301. The van der Waals surface area contributed by atoms with Crippen LogP contribution >= 0.6 is 0 Å². The minimum Gasteiger partial charge on any atom is -0.449 e. The van der Waals surface area contributed by atoms with Gasteiger partial charge in [0.1, 0.15) is 5.69 Å². The highest BCUT2D eigenvalue weighted by Gasteiger charge is 2.22. The van der Waals surface area contributed by atoms with E-state index in [1.54, 1.807) is 6.92 Å². The van der Waals surface area contributed by atoms with Gasteiger partial charge in [-0.25, -0.2) is 4.79 Å². The zero-order valence-corrected chi connectivity index (χ0v) is 13.8. The van der Waals surface area contributed by atoms with Gasteiger partial charge in [-0.15, -0.1) is 0 Å². The number of nitro groups is 1.